The molecule has 0 spiro atoms. The van der Waals surface area contributed by atoms with Crippen molar-refractivity contribution in [3.05, 3.63) is 29.8 Å². The van der Waals surface area contributed by atoms with Gasteiger partial charge in [-0.3, -0.25) is 4.79 Å². The molecule has 0 aliphatic heterocycles. The van der Waals surface area contributed by atoms with Gasteiger partial charge in [-0.25, -0.2) is 0 Å². The SMILES string of the molecule is COc1ccccc1CN(C)C(=O)C1(N)CCCC1.Cl. The molecule has 112 valence electrons. The van der Waals surface area contributed by atoms with Crippen molar-refractivity contribution in [2.75, 3.05) is 14.2 Å². The molecule has 1 fully saturated rings. The molecular weight excluding hydrogens is 276 g/mol. The van der Waals surface area contributed by atoms with Gasteiger partial charge in [0.15, 0.2) is 0 Å². The zero-order chi connectivity index (χ0) is 13.9. The highest BCUT2D eigenvalue weighted by Gasteiger charge is 2.38. The lowest BCUT2D eigenvalue weighted by molar-refractivity contribution is -0.136. The molecule has 1 saturated carbocycles. The molecule has 20 heavy (non-hydrogen) atoms. The maximum absolute atomic E-state index is 12.4. The minimum absolute atomic E-state index is 0. The minimum atomic E-state index is -0.656. The Hall–Kier alpha value is -1.26. The van der Waals surface area contributed by atoms with E-state index in [2.05, 4.69) is 0 Å². The standard InChI is InChI=1S/C15H22N2O2.ClH/c1-17(14(18)15(16)9-5-6-10-15)11-12-7-3-4-8-13(12)19-2;/h3-4,7-8H,5-6,9-11,16H2,1-2H3;1H. The molecule has 1 aliphatic carbocycles. The largest absolute Gasteiger partial charge is 0.496 e. The summed E-state index contributed by atoms with van der Waals surface area (Å²) < 4.78 is 5.31. The summed E-state index contributed by atoms with van der Waals surface area (Å²) in [6.45, 7) is 0.530. The van der Waals surface area contributed by atoms with E-state index in [9.17, 15) is 4.79 Å². The number of halogens is 1. The fourth-order valence-corrected chi connectivity index (χ4v) is 2.76. The molecule has 0 unspecified atom stereocenters. The van der Waals surface area contributed by atoms with E-state index in [4.69, 9.17) is 10.5 Å². The average Bonchev–Trinajstić information content (AvgIpc) is 2.86. The van der Waals surface area contributed by atoms with E-state index in [1.165, 1.54) is 0 Å². The number of benzene rings is 1. The van der Waals surface area contributed by atoms with E-state index in [0.717, 1.165) is 37.0 Å². The molecular formula is C15H23ClN2O2. The van der Waals surface area contributed by atoms with Gasteiger partial charge < -0.3 is 15.4 Å². The summed E-state index contributed by atoms with van der Waals surface area (Å²) in [4.78, 5) is 14.1. The first-order valence-corrected chi connectivity index (χ1v) is 6.73. The smallest absolute Gasteiger partial charge is 0.242 e. The summed E-state index contributed by atoms with van der Waals surface area (Å²) in [6, 6.07) is 7.75. The van der Waals surface area contributed by atoms with Crippen molar-refractivity contribution in [3.8, 4) is 5.75 Å². The lowest BCUT2D eigenvalue weighted by Gasteiger charge is -2.29. The van der Waals surface area contributed by atoms with Crippen molar-refractivity contribution in [1.82, 2.24) is 4.90 Å². The third-order valence-corrected chi connectivity index (χ3v) is 3.87. The number of nitrogens with zero attached hydrogens (tertiary/aromatic N) is 1. The summed E-state index contributed by atoms with van der Waals surface area (Å²) in [5, 5.41) is 0. The Labute approximate surface area is 126 Å². The number of hydrogen-bond donors (Lipinski definition) is 1. The topological polar surface area (TPSA) is 55.6 Å². The molecule has 1 amide bonds. The molecule has 1 aromatic carbocycles. The van der Waals surface area contributed by atoms with Gasteiger partial charge in [-0.05, 0) is 18.9 Å². The number of para-hydroxylation sites is 1. The van der Waals surface area contributed by atoms with E-state index >= 15 is 0 Å². The van der Waals surface area contributed by atoms with Crippen LogP contribution >= 0.6 is 12.4 Å². The van der Waals surface area contributed by atoms with Crippen LogP contribution in [0.1, 0.15) is 31.2 Å². The maximum atomic E-state index is 12.4. The Bertz CT molecular complexity index is 459. The Morgan fingerprint density at radius 1 is 1.35 bits per heavy atom. The highest BCUT2D eigenvalue weighted by molar-refractivity contribution is 5.86. The van der Waals surface area contributed by atoms with E-state index in [-0.39, 0.29) is 18.3 Å². The Morgan fingerprint density at radius 3 is 2.55 bits per heavy atom. The van der Waals surface area contributed by atoms with Crippen molar-refractivity contribution in [2.45, 2.75) is 37.8 Å². The van der Waals surface area contributed by atoms with Crippen LogP contribution in [0.5, 0.6) is 5.75 Å². The molecule has 0 heterocycles. The van der Waals surface area contributed by atoms with Gasteiger partial charge >= 0.3 is 0 Å². The number of carbonyl (C=O) groups is 1. The third kappa shape index (κ3) is 3.44. The number of likely N-dealkylation sites (N-methyl/N-ethyl adjacent to an activating group) is 1. The number of carbonyl (C=O) groups excluding carboxylic acids is 1. The Kier molecular flexibility index (Phi) is 5.84. The number of methoxy groups -OCH3 is 1. The third-order valence-electron chi connectivity index (χ3n) is 3.87. The molecule has 2 rings (SSSR count). The van der Waals surface area contributed by atoms with Crippen LogP contribution in [0.15, 0.2) is 24.3 Å². The monoisotopic (exact) mass is 298 g/mol. The molecule has 0 bridgehead atoms. The average molecular weight is 299 g/mol. The lowest BCUT2D eigenvalue weighted by Crippen LogP contribution is -2.52. The van der Waals surface area contributed by atoms with Crippen molar-refractivity contribution in [2.24, 2.45) is 5.73 Å². The summed E-state index contributed by atoms with van der Waals surface area (Å²) in [6.07, 6.45) is 3.68. The van der Waals surface area contributed by atoms with Crippen LogP contribution in [0.4, 0.5) is 0 Å². The highest BCUT2D eigenvalue weighted by atomic mass is 35.5. The molecule has 1 aromatic rings. The zero-order valence-electron chi connectivity index (χ0n) is 12.1. The van der Waals surface area contributed by atoms with Crippen molar-refractivity contribution < 1.29 is 9.53 Å². The normalized spacial score (nSPS) is 16.4. The number of nitrogens with two attached hydrogens (primary N) is 1. The van der Waals surface area contributed by atoms with Gasteiger partial charge in [0.1, 0.15) is 5.75 Å². The van der Waals surface area contributed by atoms with Gasteiger partial charge in [-0.2, -0.15) is 0 Å². The van der Waals surface area contributed by atoms with Gasteiger partial charge in [0.2, 0.25) is 5.91 Å². The van der Waals surface area contributed by atoms with Gasteiger partial charge in [-0.1, -0.05) is 31.0 Å². The van der Waals surface area contributed by atoms with Crippen LogP contribution in [-0.2, 0) is 11.3 Å². The van der Waals surface area contributed by atoms with E-state index in [1.807, 2.05) is 31.3 Å². The fourth-order valence-electron chi connectivity index (χ4n) is 2.76. The molecule has 0 saturated heterocycles. The predicted molar refractivity (Wildman–Crippen MR) is 82.1 cm³/mol. The lowest BCUT2D eigenvalue weighted by atomic mass is 9.97. The van der Waals surface area contributed by atoms with Gasteiger partial charge in [0.05, 0.1) is 12.6 Å². The van der Waals surface area contributed by atoms with Crippen LogP contribution < -0.4 is 10.5 Å². The highest BCUT2D eigenvalue weighted by Crippen LogP contribution is 2.29. The van der Waals surface area contributed by atoms with Crippen molar-refractivity contribution >= 4 is 18.3 Å². The minimum Gasteiger partial charge on any atom is -0.496 e. The van der Waals surface area contributed by atoms with Crippen molar-refractivity contribution in [1.29, 1.82) is 0 Å². The van der Waals surface area contributed by atoms with Gasteiger partial charge in [0, 0.05) is 19.2 Å². The summed E-state index contributed by atoms with van der Waals surface area (Å²) >= 11 is 0. The van der Waals surface area contributed by atoms with Crippen LogP contribution in [0, 0.1) is 0 Å². The van der Waals surface area contributed by atoms with Crippen LogP contribution in [0.25, 0.3) is 0 Å². The van der Waals surface area contributed by atoms with Gasteiger partial charge in [0.25, 0.3) is 0 Å². The second kappa shape index (κ2) is 6.95. The second-order valence-electron chi connectivity index (χ2n) is 5.34. The molecule has 0 aromatic heterocycles. The molecule has 1 aliphatic rings. The quantitative estimate of drug-likeness (QED) is 0.928. The zero-order valence-corrected chi connectivity index (χ0v) is 12.9. The van der Waals surface area contributed by atoms with Gasteiger partial charge in [-0.15, -0.1) is 12.4 Å². The first-order valence-electron chi connectivity index (χ1n) is 6.73. The first-order chi connectivity index (χ1) is 9.07. The number of rotatable bonds is 4. The first kappa shape index (κ1) is 16.8. The Morgan fingerprint density at radius 2 is 1.95 bits per heavy atom. The second-order valence-corrected chi connectivity index (χ2v) is 5.34. The summed E-state index contributed by atoms with van der Waals surface area (Å²) in [5.74, 6) is 0.843. The van der Waals surface area contributed by atoms with Crippen LogP contribution in [0.3, 0.4) is 0 Å². The van der Waals surface area contributed by atoms with Crippen molar-refractivity contribution in [3.63, 3.8) is 0 Å². The van der Waals surface area contributed by atoms with E-state index < -0.39 is 5.54 Å². The number of ether oxygens (including phenoxy) is 1. The molecule has 5 heteroatoms. The number of hydrogen-bond acceptors (Lipinski definition) is 3. The van der Waals surface area contributed by atoms with Crippen LogP contribution in [0.2, 0.25) is 0 Å². The summed E-state index contributed by atoms with van der Waals surface area (Å²) in [5.41, 5.74) is 6.55. The van der Waals surface area contributed by atoms with E-state index in [1.54, 1.807) is 12.0 Å². The molecule has 2 N–H and O–H groups in total. The van der Waals surface area contributed by atoms with E-state index in [0.29, 0.717) is 6.54 Å². The summed E-state index contributed by atoms with van der Waals surface area (Å²) in [7, 11) is 3.45. The predicted octanol–water partition coefficient (Wildman–Crippen LogP) is 2.35. The molecule has 0 radical (unpaired) electrons. The Balaban J connectivity index is 0.00000200. The van der Waals surface area contributed by atoms with Crippen LogP contribution in [-0.4, -0.2) is 30.5 Å². The number of amides is 1. The maximum Gasteiger partial charge on any atom is 0.242 e. The fraction of sp³-hybridized carbons (Fsp3) is 0.533. The molecule has 4 nitrogen and oxygen atoms in total. The molecule has 0 atom stereocenters.